The molecular weight excluding hydrogens is 299 g/mol. The largest absolute Gasteiger partial charge is 0.497 e. The Morgan fingerprint density at radius 1 is 1.11 bits per heavy atom. The second-order valence-electron chi connectivity index (χ2n) is 3.71. The van der Waals surface area contributed by atoms with E-state index in [1.54, 1.807) is 13.2 Å². The van der Waals surface area contributed by atoms with Gasteiger partial charge in [0, 0.05) is 0 Å². The zero-order valence-electron chi connectivity index (χ0n) is 9.82. The molecule has 0 unspecified atom stereocenters. The van der Waals surface area contributed by atoms with Crippen molar-refractivity contribution in [2.24, 2.45) is 0 Å². The van der Waals surface area contributed by atoms with Gasteiger partial charge in [-0.25, -0.2) is 4.39 Å². The van der Waals surface area contributed by atoms with Gasteiger partial charge < -0.3 is 9.47 Å². The van der Waals surface area contributed by atoms with Gasteiger partial charge >= 0.3 is 0 Å². The number of halogens is 2. The fourth-order valence-corrected chi connectivity index (χ4v) is 1.94. The molecule has 0 aliphatic rings. The lowest BCUT2D eigenvalue weighted by atomic mass is 10.2. The molecule has 0 bridgehead atoms. The Balaban J connectivity index is 2.02. The number of benzene rings is 2. The fourth-order valence-electron chi connectivity index (χ4n) is 1.48. The van der Waals surface area contributed by atoms with Gasteiger partial charge in [-0.05, 0) is 51.8 Å². The molecule has 94 valence electrons. The first-order valence-electron chi connectivity index (χ1n) is 5.40. The minimum atomic E-state index is -0.293. The van der Waals surface area contributed by atoms with E-state index in [1.807, 2.05) is 24.3 Å². The maximum Gasteiger partial charge on any atom is 0.134 e. The maximum absolute atomic E-state index is 12.9. The highest BCUT2D eigenvalue weighted by molar-refractivity contribution is 9.10. The summed E-state index contributed by atoms with van der Waals surface area (Å²) in [5.74, 6) is 1.13. The van der Waals surface area contributed by atoms with E-state index in [4.69, 9.17) is 9.47 Å². The molecule has 0 saturated heterocycles. The molecule has 2 aromatic carbocycles. The van der Waals surface area contributed by atoms with Crippen molar-refractivity contribution >= 4 is 15.9 Å². The lowest BCUT2D eigenvalue weighted by molar-refractivity contribution is 0.303. The van der Waals surface area contributed by atoms with Crippen LogP contribution >= 0.6 is 15.9 Å². The Kier molecular flexibility index (Phi) is 4.20. The van der Waals surface area contributed by atoms with Gasteiger partial charge in [0.05, 0.1) is 11.6 Å². The van der Waals surface area contributed by atoms with Crippen LogP contribution in [0.1, 0.15) is 5.56 Å². The van der Waals surface area contributed by atoms with Crippen molar-refractivity contribution in [3.05, 3.63) is 58.3 Å². The normalized spacial score (nSPS) is 10.2. The molecule has 18 heavy (non-hydrogen) atoms. The van der Waals surface area contributed by atoms with Crippen LogP contribution in [0.4, 0.5) is 4.39 Å². The molecule has 2 rings (SSSR count). The highest BCUT2D eigenvalue weighted by Gasteiger charge is 2.03. The van der Waals surface area contributed by atoms with Crippen LogP contribution in [0, 0.1) is 5.82 Å². The smallest absolute Gasteiger partial charge is 0.134 e. The topological polar surface area (TPSA) is 18.5 Å². The standard InChI is InChI=1S/C14H12BrFO2/c1-17-12-5-2-10(3-6-12)9-18-14-7-4-11(16)8-13(14)15/h2-8H,9H2,1H3. The van der Waals surface area contributed by atoms with E-state index in [0.29, 0.717) is 16.8 Å². The molecule has 4 heteroatoms. The Labute approximate surface area is 113 Å². The van der Waals surface area contributed by atoms with Crippen LogP contribution < -0.4 is 9.47 Å². The van der Waals surface area contributed by atoms with Crippen molar-refractivity contribution in [3.8, 4) is 11.5 Å². The summed E-state index contributed by atoms with van der Waals surface area (Å²) in [6.45, 7) is 0.425. The molecule has 0 N–H and O–H groups in total. The molecule has 0 aliphatic carbocycles. The van der Waals surface area contributed by atoms with Crippen LogP contribution in [0.25, 0.3) is 0 Å². The van der Waals surface area contributed by atoms with Crippen molar-refractivity contribution < 1.29 is 13.9 Å². The molecule has 0 aromatic heterocycles. The lowest BCUT2D eigenvalue weighted by Gasteiger charge is -2.08. The first kappa shape index (κ1) is 12.9. The van der Waals surface area contributed by atoms with E-state index in [0.717, 1.165) is 11.3 Å². The second-order valence-corrected chi connectivity index (χ2v) is 4.57. The summed E-state index contributed by atoms with van der Waals surface area (Å²) in [5.41, 5.74) is 1.02. The highest BCUT2D eigenvalue weighted by Crippen LogP contribution is 2.26. The minimum Gasteiger partial charge on any atom is -0.497 e. The van der Waals surface area contributed by atoms with Gasteiger partial charge in [0.2, 0.25) is 0 Å². The van der Waals surface area contributed by atoms with Crippen LogP contribution in [-0.2, 0) is 6.61 Å². The van der Waals surface area contributed by atoms with E-state index in [9.17, 15) is 4.39 Å². The van der Waals surface area contributed by atoms with E-state index in [-0.39, 0.29) is 5.82 Å². The molecule has 0 spiro atoms. The number of ether oxygens (including phenoxy) is 2. The van der Waals surface area contributed by atoms with Gasteiger partial charge in [-0.2, -0.15) is 0 Å². The SMILES string of the molecule is COc1ccc(COc2ccc(F)cc2Br)cc1. The van der Waals surface area contributed by atoms with Crippen LogP contribution in [0.2, 0.25) is 0 Å². The zero-order valence-corrected chi connectivity index (χ0v) is 11.4. The van der Waals surface area contributed by atoms with Gasteiger partial charge in [0.1, 0.15) is 23.9 Å². The van der Waals surface area contributed by atoms with Gasteiger partial charge in [-0.15, -0.1) is 0 Å². The van der Waals surface area contributed by atoms with Crippen LogP contribution in [-0.4, -0.2) is 7.11 Å². The third-order valence-corrected chi connectivity index (χ3v) is 3.07. The lowest BCUT2D eigenvalue weighted by Crippen LogP contribution is -1.96. The van der Waals surface area contributed by atoms with E-state index < -0.39 is 0 Å². The molecular formula is C14H12BrFO2. The number of rotatable bonds is 4. The summed E-state index contributed by atoms with van der Waals surface area (Å²) in [7, 11) is 1.63. The average molecular weight is 311 g/mol. The first-order valence-corrected chi connectivity index (χ1v) is 6.19. The number of hydrogen-bond acceptors (Lipinski definition) is 2. The minimum absolute atomic E-state index is 0.293. The second kappa shape index (κ2) is 5.87. The molecule has 0 fully saturated rings. The molecule has 0 aliphatic heterocycles. The molecule has 2 aromatic rings. The van der Waals surface area contributed by atoms with E-state index in [2.05, 4.69) is 15.9 Å². The van der Waals surface area contributed by atoms with Crippen molar-refractivity contribution in [1.82, 2.24) is 0 Å². The van der Waals surface area contributed by atoms with Crippen LogP contribution in [0.5, 0.6) is 11.5 Å². The molecule has 0 atom stereocenters. The molecule has 0 radical (unpaired) electrons. The molecule has 0 heterocycles. The van der Waals surface area contributed by atoms with Gasteiger partial charge in [0.25, 0.3) is 0 Å². The molecule has 0 saturated carbocycles. The molecule has 0 amide bonds. The highest BCUT2D eigenvalue weighted by atomic mass is 79.9. The van der Waals surface area contributed by atoms with Gasteiger partial charge in [-0.3, -0.25) is 0 Å². The van der Waals surface area contributed by atoms with Crippen LogP contribution in [0.3, 0.4) is 0 Å². The van der Waals surface area contributed by atoms with E-state index >= 15 is 0 Å². The van der Waals surface area contributed by atoms with Crippen LogP contribution in [0.15, 0.2) is 46.9 Å². The predicted molar refractivity (Wildman–Crippen MR) is 71.4 cm³/mol. The zero-order chi connectivity index (χ0) is 13.0. The Bertz CT molecular complexity index is 526. The summed E-state index contributed by atoms with van der Waals surface area (Å²) >= 11 is 3.26. The average Bonchev–Trinajstić information content (AvgIpc) is 2.38. The molecule has 2 nitrogen and oxygen atoms in total. The Morgan fingerprint density at radius 2 is 1.83 bits per heavy atom. The number of methoxy groups -OCH3 is 1. The van der Waals surface area contributed by atoms with Crippen molar-refractivity contribution in [3.63, 3.8) is 0 Å². The first-order chi connectivity index (χ1) is 8.69. The summed E-state index contributed by atoms with van der Waals surface area (Å²) in [6, 6.07) is 11.9. The van der Waals surface area contributed by atoms with Crippen molar-refractivity contribution in [2.75, 3.05) is 7.11 Å². The summed E-state index contributed by atoms with van der Waals surface area (Å²) in [4.78, 5) is 0. The maximum atomic E-state index is 12.9. The van der Waals surface area contributed by atoms with Crippen molar-refractivity contribution in [1.29, 1.82) is 0 Å². The third-order valence-electron chi connectivity index (χ3n) is 2.45. The predicted octanol–water partition coefficient (Wildman–Crippen LogP) is 4.18. The van der Waals surface area contributed by atoms with E-state index in [1.165, 1.54) is 12.1 Å². The fraction of sp³-hybridized carbons (Fsp3) is 0.143. The third kappa shape index (κ3) is 3.23. The summed E-state index contributed by atoms with van der Waals surface area (Å²) < 4.78 is 24.2. The number of hydrogen-bond donors (Lipinski definition) is 0. The summed E-state index contributed by atoms with van der Waals surface area (Å²) in [5, 5.41) is 0. The van der Waals surface area contributed by atoms with Gasteiger partial charge in [-0.1, -0.05) is 12.1 Å². The summed E-state index contributed by atoms with van der Waals surface area (Å²) in [6.07, 6.45) is 0. The Morgan fingerprint density at radius 3 is 2.44 bits per heavy atom. The monoisotopic (exact) mass is 310 g/mol. The van der Waals surface area contributed by atoms with Gasteiger partial charge in [0.15, 0.2) is 0 Å². The Hall–Kier alpha value is -1.55. The van der Waals surface area contributed by atoms with Crippen molar-refractivity contribution in [2.45, 2.75) is 6.61 Å². The quantitative estimate of drug-likeness (QED) is 0.843.